The Morgan fingerprint density at radius 3 is 2.64 bits per heavy atom. The Balaban J connectivity index is 2.07. The SMILES string of the molecule is CC(C)C1CC(O)(c2cnn(C)c2)C1. The second-order valence-electron chi connectivity index (χ2n) is 4.85. The van der Waals surface area contributed by atoms with E-state index in [0.29, 0.717) is 11.8 Å². The van der Waals surface area contributed by atoms with Crippen molar-refractivity contribution in [1.82, 2.24) is 9.78 Å². The molecule has 0 aliphatic heterocycles. The van der Waals surface area contributed by atoms with Crippen LogP contribution >= 0.6 is 0 Å². The van der Waals surface area contributed by atoms with E-state index in [0.717, 1.165) is 18.4 Å². The summed E-state index contributed by atoms with van der Waals surface area (Å²) >= 11 is 0. The molecule has 2 rings (SSSR count). The topological polar surface area (TPSA) is 38.1 Å². The first-order chi connectivity index (χ1) is 6.51. The Kier molecular flexibility index (Phi) is 2.14. The molecule has 0 unspecified atom stereocenters. The molecule has 78 valence electrons. The van der Waals surface area contributed by atoms with Gasteiger partial charge < -0.3 is 5.11 Å². The Morgan fingerprint density at radius 1 is 1.57 bits per heavy atom. The zero-order chi connectivity index (χ0) is 10.3. The smallest absolute Gasteiger partial charge is 0.0932 e. The van der Waals surface area contributed by atoms with Gasteiger partial charge >= 0.3 is 0 Å². The van der Waals surface area contributed by atoms with E-state index >= 15 is 0 Å². The van der Waals surface area contributed by atoms with Gasteiger partial charge in [-0.1, -0.05) is 13.8 Å². The number of rotatable bonds is 2. The monoisotopic (exact) mass is 194 g/mol. The highest BCUT2D eigenvalue weighted by atomic mass is 16.3. The maximum atomic E-state index is 10.3. The minimum Gasteiger partial charge on any atom is -0.385 e. The molecular formula is C11H18N2O. The van der Waals surface area contributed by atoms with Crippen molar-refractivity contribution in [1.29, 1.82) is 0 Å². The first kappa shape index (κ1) is 9.71. The molecule has 0 aromatic carbocycles. The predicted molar refractivity (Wildman–Crippen MR) is 54.7 cm³/mol. The molecule has 0 bridgehead atoms. The molecule has 0 atom stereocenters. The molecule has 14 heavy (non-hydrogen) atoms. The summed E-state index contributed by atoms with van der Waals surface area (Å²) in [7, 11) is 1.88. The number of aryl methyl sites for hydroxylation is 1. The largest absolute Gasteiger partial charge is 0.385 e. The zero-order valence-corrected chi connectivity index (χ0v) is 9.07. The summed E-state index contributed by atoms with van der Waals surface area (Å²) < 4.78 is 1.75. The van der Waals surface area contributed by atoms with Crippen LogP contribution in [-0.2, 0) is 12.6 Å². The van der Waals surface area contributed by atoms with Gasteiger partial charge in [0.25, 0.3) is 0 Å². The fraction of sp³-hybridized carbons (Fsp3) is 0.727. The van der Waals surface area contributed by atoms with E-state index in [1.807, 2.05) is 13.2 Å². The number of aromatic nitrogens is 2. The highest BCUT2D eigenvalue weighted by molar-refractivity contribution is 5.19. The number of aliphatic hydroxyl groups is 1. The third kappa shape index (κ3) is 1.46. The predicted octanol–water partition coefficient (Wildman–Crippen LogP) is 1.67. The van der Waals surface area contributed by atoms with Crippen molar-refractivity contribution >= 4 is 0 Å². The molecule has 0 spiro atoms. The van der Waals surface area contributed by atoms with Crippen molar-refractivity contribution in [2.75, 3.05) is 0 Å². The van der Waals surface area contributed by atoms with E-state index < -0.39 is 5.60 Å². The van der Waals surface area contributed by atoms with Crippen molar-refractivity contribution in [3.8, 4) is 0 Å². The molecular weight excluding hydrogens is 176 g/mol. The van der Waals surface area contributed by atoms with Gasteiger partial charge in [-0.3, -0.25) is 4.68 Å². The second-order valence-corrected chi connectivity index (χ2v) is 4.85. The van der Waals surface area contributed by atoms with Crippen LogP contribution in [0.2, 0.25) is 0 Å². The Morgan fingerprint density at radius 2 is 2.21 bits per heavy atom. The Bertz CT molecular complexity index is 324. The lowest BCUT2D eigenvalue weighted by Crippen LogP contribution is -2.42. The Labute approximate surface area is 84.7 Å². The standard InChI is InChI=1S/C11H18N2O/c1-8(2)9-4-11(14,5-9)10-6-12-13(3)7-10/h6-9,14H,4-5H2,1-3H3. The lowest BCUT2D eigenvalue weighted by Gasteiger charge is -2.45. The second kappa shape index (κ2) is 3.09. The van der Waals surface area contributed by atoms with E-state index in [-0.39, 0.29) is 0 Å². The molecule has 3 nitrogen and oxygen atoms in total. The van der Waals surface area contributed by atoms with Crippen LogP contribution in [0.5, 0.6) is 0 Å². The van der Waals surface area contributed by atoms with Gasteiger partial charge in [0.15, 0.2) is 0 Å². The average molecular weight is 194 g/mol. The van der Waals surface area contributed by atoms with Gasteiger partial charge in [0.1, 0.15) is 0 Å². The molecule has 1 N–H and O–H groups in total. The van der Waals surface area contributed by atoms with Crippen molar-refractivity contribution < 1.29 is 5.11 Å². The lowest BCUT2D eigenvalue weighted by molar-refractivity contribution is -0.0934. The van der Waals surface area contributed by atoms with E-state index in [4.69, 9.17) is 0 Å². The van der Waals surface area contributed by atoms with Gasteiger partial charge in [-0.15, -0.1) is 0 Å². The fourth-order valence-electron chi connectivity index (χ4n) is 2.18. The van der Waals surface area contributed by atoms with E-state index in [1.54, 1.807) is 10.9 Å². The highest BCUT2D eigenvalue weighted by Crippen LogP contribution is 2.48. The van der Waals surface area contributed by atoms with Crippen molar-refractivity contribution in [2.45, 2.75) is 32.3 Å². The molecule has 0 saturated heterocycles. The minimum atomic E-state index is -0.594. The van der Waals surface area contributed by atoms with Gasteiger partial charge in [-0.25, -0.2) is 0 Å². The first-order valence-electron chi connectivity index (χ1n) is 5.23. The fourth-order valence-corrected chi connectivity index (χ4v) is 2.18. The molecule has 1 aromatic rings. The van der Waals surface area contributed by atoms with Crippen molar-refractivity contribution in [3.05, 3.63) is 18.0 Å². The number of hydrogen-bond donors (Lipinski definition) is 1. The molecule has 0 amide bonds. The summed E-state index contributed by atoms with van der Waals surface area (Å²) in [4.78, 5) is 0. The van der Waals surface area contributed by atoms with Gasteiger partial charge in [-0.05, 0) is 24.7 Å². The summed E-state index contributed by atoms with van der Waals surface area (Å²) in [6.07, 6.45) is 5.46. The van der Waals surface area contributed by atoms with Crippen LogP contribution in [0.3, 0.4) is 0 Å². The highest BCUT2D eigenvalue weighted by Gasteiger charge is 2.45. The third-order valence-electron chi connectivity index (χ3n) is 3.38. The number of nitrogens with zero attached hydrogens (tertiary/aromatic N) is 2. The normalized spacial score (nSPS) is 31.9. The van der Waals surface area contributed by atoms with Crippen LogP contribution in [0.1, 0.15) is 32.3 Å². The maximum Gasteiger partial charge on any atom is 0.0932 e. The summed E-state index contributed by atoms with van der Waals surface area (Å²) in [5.74, 6) is 1.34. The van der Waals surface area contributed by atoms with E-state index in [1.165, 1.54) is 0 Å². The summed E-state index contributed by atoms with van der Waals surface area (Å²) in [6.45, 7) is 4.43. The minimum absolute atomic E-state index is 0.594. The van der Waals surface area contributed by atoms with Gasteiger partial charge in [-0.2, -0.15) is 5.10 Å². The van der Waals surface area contributed by atoms with E-state index in [9.17, 15) is 5.11 Å². The summed E-state index contributed by atoms with van der Waals surface area (Å²) in [6, 6.07) is 0. The molecule has 0 radical (unpaired) electrons. The van der Waals surface area contributed by atoms with Crippen molar-refractivity contribution in [3.63, 3.8) is 0 Å². The third-order valence-corrected chi connectivity index (χ3v) is 3.38. The van der Waals surface area contributed by atoms with Gasteiger partial charge in [0, 0.05) is 18.8 Å². The zero-order valence-electron chi connectivity index (χ0n) is 9.07. The van der Waals surface area contributed by atoms with Crippen LogP contribution in [0.4, 0.5) is 0 Å². The van der Waals surface area contributed by atoms with Crippen LogP contribution in [0.15, 0.2) is 12.4 Å². The first-order valence-corrected chi connectivity index (χ1v) is 5.23. The van der Waals surface area contributed by atoms with Crippen LogP contribution in [-0.4, -0.2) is 14.9 Å². The summed E-state index contributed by atoms with van der Waals surface area (Å²) in [5.41, 5.74) is 0.375. The maximum absolute atomic E-state index is 10.3. The Hall–Kier alpha value is -0.830. The molecule has 1 aromatic heterocycles. The number of hydrogen-bond acceptors (Lipinski definition) is 2. The van der Waals surface area contributed by atoms with E-state index in [2.05, 4.69) is 18.9 Å². The molecule has 1 saturated carbocycles. The van der Waals surface area contributed by atoms with Crippen LogP contribution in [0, 0.1) is 11.8 Å². The van der Waals surface area contributed by atoms with Crippen LogP contribution < -0.4 is 0 Å². The van der Waals surface area contributed by atoms with Gasteiger partial charge in [0.2, 0.25) is 0 Å². The summed E-state index contributed by atoms with van der Waals surface area (Å²) in [5, 5.41) is 14.4. The lowest BCUT2D eigenvalue weighted by atomic mass is 9.64. The van der Waals surface area contributed by atoms with Crippen LogP contribution in [0.25, 0.3) is 0 Å². The molecule has 1 fully saturated rings. The quantitative estimate of drug-likeness (QED) is 0.777. The van der Waals surface area contributed by atoms with Crippen molar-refractivity contribution in [2.24, 2.45) is 18.9 Å². The average Bonchev–Trinajstić information content (AvgIpc) is 2.45. The molecule has 3 heteroatoms. The van der Waals surface area contributed by atoms with Gasteiger partial charge in [0.05, 0.1) is 11.8 Å². The molecule has 1 heterocycles. The molecule has 1 aliphatic carbocycles. The molecule has 1 aliphatic rings.